The molecule has 0 aliphatic heterocycles. The smallest absolute Gasteiger partial charge is 0.243 e. The summed E-state index contributed by atoms with van der Waals surface area (Å²) in [7, 11) is -6.31. The van der Waals surface area contributed by atoms with Crippen LogP contribution >= 0.6 is 23.2 Å². The van der Waals surface area contributed by atoms with Gasteiger partial charge in [-0.15, -0.1) is 0 Å². The Labute approximate surface area is 127 Å². The van der Waals surface area contributed by atoms with E-state index in [9.17, 15) is 16.8 Å². The highest BCUT2D eigenvalue weighted by atomic mass is 35.5. The number of halogens is 2. The lowest BCUT2D eigenvalue weighted by Crippen LogP contribution is -2.33. The van der Waals surface area contributed by atoms with Crippen LogP contribution < -0.4 is 15.2 Å². The predicted molar refractivity (Wildman–Crippen MR) is 78.9 cm³/mol. The van der Waals surface area contributed by atoms with E-state index in [-0.39, 0.29) is 27.2 Å². The van der Waals surface area contributed by atoms with Crippen LogP contribution in [0.15, 0.2) is 17.0 Å². The molecule has 0 bridgehead atoms. The van der Waals surface area contributed by atoms with Crippen LogP contribution in [0.3, 0.4) is 0 Å². The van der Waals surface area contributed by atoms with E-state index in [0.29, 0.717) is 0 Å². The van der Waals surface area contributed by atoms with Crippen LogP contribution in [0.4, 0.5) is 5.69 Å². The molecular formula is C9H13Cl2N3O4S2. The molecule has 0 aliphatic carbocycles. The highest BCUT2D eigenvalue weighted by Crippen LogP contribution is 2.31. The summed E-state index contributed by atoms with van der Waals surface area (Å²) in [5, 5.41) is -0.280. The number of nitrogen functional groups attached to an aromatic ring is 1. The van der Waals surface area contributed by atoms with Crippen molar-refractivity contribution in [3.05, 3.63) is 22.2 Å². The van der Waals surface area contributed by atoms with Crippen LogP contribution in [0, 0.1) is 0 Å². The summed E-state index contributed by atoms with van der Waals surface area (Å²) in [6.07, 6.45) is 0. The molecule has 0 heterocycles. The Bertz CT molecular complexity index is 681. The van der Waals surface area contributed by atoms with Gasteiger partial charge in [0.15, 0.2) is 0 Å². The Morgan fingerprint density at radius 3 is 2.10 bits per heavy atom. The topological polar surface area (TPSA) is 118 Å². The first-order chi connectivity index (χ1) is 9.09. The number of rotatable bonds is 6. The molecule has 1 aromatic carbocycles. The number of benzene rings is 1. The van der Waals surface area contributed by atoms with Gasteiger partial charge in [0.05, 0.1) is 15.8 Å². The molecule has 7 nitrogen and oxygen atoms in total. The second kappa shape index (κ2) is 6.46. The standard InChI is InChI=1S/C9H13Cl2N3O4S2/c1-13-19(15,16)3-2-14-20(17,18)9-7(10)4-6(12)5-8(9)11/h4-5,13-14H,2-3,12H2,1H3. The zero-order valence-electron chi connectivity index (χ0n) is 10.4. The summed E-state index contributed by atoms with van der Waals surface area (Å²) in [4.78, 5) is -0.336. The van der Waals surface area contributed by atoms with Gasteiger partial charge in [0.25, 0.3) is 0 Å². The molecule has 0 radical (unpaired) electrons. The zero-order valence-corrected chi connectivity index (χ0v) is 13.5. The fourth-order valence-corrected chi connectivity index (χ4v) is 4.28. The molecule has 20 heavy (non-hydrogen) atoms. The van der Waals surface area contributed by atoms with Gasteiger partial charge in [-0.1, -0.05) is 23.2 Å². The summed E-state index contributed by atoms with van der Waals surface area (Å²) in [5.74, 6) is -0.410. The van der Waals surface area contributed by atoms with Crippen molar-refractivity contribution < 1.29 is 16.8 Å². The monoisotopic (exact) mass is 361 g/mol. The van der Waals surface area contributed by atoms with Gasteiger partial charge in [0.1, 0.15) is 4.90 Å². The predicted octanol–water partition coefficient (Wildman–Crippen LogP) is 0.403. The first-order valence-electron chi connectivity index (χ1n) is 5.24. The van der Waals surface area contributed by atoms with Crippen LogP contribution in [0.25, 0.3) is 0 Å². The number of nitrogens with one attached hydrogen (secondary N) is 2. The van der Waals surface area contributed by atoms with Crippen LogP contribution in [0.5, 0.6) is 0 Å². The first kappa shape index (κ1) is 17.5. The Morgan fingerprint density at radius 2 is 1.65 bits per heavy atom. The van der Waals surface area contributed by atoms with Crippen LogP contribution in [0.1, 0.15) is 0 Å². The highest BCUT2D eigenvalue weighted by molar-refractivity contribution is 7.90. The van der Waals surface area contributed by atoms with E-state index < -0.39 is 25.8 Å². The average Bonchev–Trinajstić information content (AvgIpc) is 2.26. The molecular weight excluding hydrogens is 349 g/mol. The molecule has 0 unspecified atom stereocenters. The van der Waals surface area contributed by atoms with Gasteiger partial charge >= 0.3 is 0 Å². The van der Waals surface area contributed by atoms with Gasteiger partial charge in [-0.2, -0.15) is 0 Å². The lowest BCUT2D eigenvalue weighted by atomic mass is 10.3. The van der Waals surface area contributed by atoms with Gasteiger partial charge < -0.3 is 5.73 Å². The molecule has 1 aromatic rings. The average molecular weight is 362 g/mol. The molecule has 0 saturated carbocycles. The highest BCUT2D eigenvalue weighted by Gasteiger charge is 2.22. The Kier molecular flexibility index (Phi) is 5.64. The second-order valence-corrected chi connectivity index (χ2v) is 8.30. The lowest BCUT2D eigenvalue weighted by molar-refractivity contribution is 0.578. The van der Waals surface area contributed by atoms with Crippen molar-refractivity contribution >= 4 is 48.9 Å². The number of hydrogen-bond acceptors (Lipinski definition) is 5. The fraction of sp³-hybridized carbons (Fsp3) is 0.333. The Balaban J connectivity index is 2.96. The van der Waals surface area contributed by atoms with E-state index in [0.717, 1.165) is 0 Å². The van der Waals surface area contributed by atoms with Crippen molar-refractivity contribution in [2.45, 2.75) is 4.90 Å². The number of sulfonamides is 2. The summed E-state index contributed by atoms with van der Waals surface area (Å²) in [6, 6.07) is 2.48. The van der Waals surface area contributed by atoms with Crippen LogP contribution in [0.2, 0.25) is 10.0 Å². The summed E-state index contributed by atoms with van der Waals surface area (Å²) < 4.78 is 50.6. The molecule has 0 aromatic heterocycles. The van der Waals surface area contributed by atoms with Crippen molar-refractivity contribution in [2.75, 3.05) is 25.1 Å². The minimum absolute atomic E-state index is 0.140. The SMILES string of the molecule is CNS(=O)(=O)CCNS(=O)(=O)c1c(Cl)cc(N)cc1Cl. The minimum atomic E-state index is -4.03. The number of hydrogen-bond donors (Lipinski definition) is 3. The van der Waals surface area contributed by atoms with Crippen molar-refractivity contribution in [2.24, 2.45) is 0 Å². The van der Waals surface area contributed by atoms with E-state index in [1.807, 2.05) is 0 Å². The first-order valence-corrected chi connectivity index (χ1v) is 9.13. The Hall–Kier alpha value is -0.580. The zero-order chi connectivity index (χ0) is 15.6. The third-order valence-electron chi connectivity index (χ3n) is 2.26. The molecule has 0 atom stereocenters. The van der Waals surface area contributed by atoms with E-state index in [1.54, 1.807) is 0 Å². The molecule has 11 heteroatoms. The molecule has 114 valence electrons. The van der Waals surface area contributed by atoms with Gasteiger partial charge in [0.2, 0.25) is 20.0 Å². The molecule has 0 aliphatic rings. The van der Waals surface area contributed by atoms with Crippen LogP contribution in [-0.4, -0.2) is 36.2 Å². The third kappa shape index (κ3) is 4.47. The number of nitrogens with two attached hydrogens (primary N) is 1. The molecule has 1 rings (SSSR count). The van der Waals surface area contributed by atoms with Crippen LogP contribution in [-0.2, 0) is 20.0 Å². The van der Waals surface area contributed by atoms with Crippen molar-refractivity contribution in [1.29, 1.82) is 0 Å². The molecule has 0 amide bonds. The maximum Gasteiger partial charge on any atom is 0.243 e. The van der Waals surface area contributed by atoms with E-state index >= 15 is 0 Å². The molecule has 0 fully saturated rings. The molecule has 0 saturated heterocycles. The van der Waals surface area contributed by atoms with Gasteiger partial charge in [-0.05, 0) is 19.2 Å². The largest absolute Gasteiger partial charge is 0.399 e. The summed E-state index contributed by atoms with van der Waals surface area (Å²) in [6.45, 7) is -0.317. The fourth-order valence-electron chi connectivity index (χ4n) is 1.32. The third-order valence-corrected chi connectivity index (χ3v) is 6.01. The second-order valence-electron chi connectivity index (χ2n) is 3.73. The van der Waals surface area contributed by atoms with Gasteiger partial charge in [-0.3, -0.25) is 0 Å². The number of anilines is 1. The van der Waals surface area contributed by atoms with Crippen molar-refractivity contribution in [3.8, 4) is 0 Å². The lowest BCUT2D eigenvalue weighted by Gasteiger charge is -2.10. The summed E-state index contributed by atoms with van der Waals surface area (Å²) >= 11 is 11.6. The van der Waals surface area contributed by atoms with E-state index in [4.69, 9.17) is 28.9 Å². The maximum atomic E-state index is 12.0. The van der Waals surface area contributed by atoms with E-state index in [2.05, 4.69) is 9.44 Å². The van der Waals surface area contributed by atoms with Gasteiger partial charge in [0, 0.05) is 12.2 Å². The normalized spacial score (nSPS) is 12.6. The molecule has 0 spiro atoms. The van der Waals surface area contributed by atoms with E-state index in [1.165, 1.54) is 19.2 Å². The minimum Gasteiger partial charge on any atom is -0.399 e. The van der Waals surface area contributed by atoms with Gasteiger partial charge in [-0.25, -0.2) is 26.3 Å². The quantitative estimate of drug-likeness (QED) is 0.633. The molecule has 4 N–H and O–H groups in total. The van der Waals surface area contributed by atoms with Crippen molar-refractivity contribution in [1.82, 2.24) is 9.44 Å². The van der Waals surface area contributed by atoms with Crippen molar-refractivity contribution in [3.63, 3.8) is 0 Å². The summed E-state index contributed by atoms with van der Waals surface area (Å²) in [5.41, 5.74) is 5.69. The Morgan fingerprint density at radius 1 is 1.15 bits per heavy atom. The maximum absolute atomic E-state index is 12.0.